The maximum absolute atomic E-state index is 13.2. The first kappa shape index (κ1) is 73.3. The molecule has 1 amide bonds. The van der Waals surface area contributed by atoms with Crippen LogP contribution >= 0.6 is 0 Å². The molecule has 9 unspecified atom stereocenters. The van der Waals surface area contributed by atoms with E-state index in [4.69, 9.17) is 9.47 Å². The van der Waals surface area contributed by atoms with Crippen LogP contribution in [0.3, 0.4) is 0 Å². The quantitative estimate of drug-likeness (QED) is 0.0215. The fourth-order valence-corrected chi connectivity index (χ4v) is 10.7. The van der Waals surface area contributed by atoms with Gasteiger partial charge < -0.3 is 50.5 Å². The van der Waals surface area contributed by atoms with Crippen LogP contribution in [0.5, 0.6) is 0 Å². The molecule has 454 valence electrons. The van der Waals surface area contributed by atoms with E-state index >= 15 is 0 Å². The highest BCUT2D eigenvalue weighted by Crippen LogP contribution is 2.24. The van der Waals surface area contributed by atoms with Crippen LogP contribution in [0.2, 0.25) is 0 Å². The third kappa shape index (κ3) is 42.8. The highest BCUT2D eigenvalue weighted by atomic mass is 16.7. The zero-order valence-electron chi connectivity index (χ0n) is 50.0. The molecule has 1 rings (SSSR count). The van der Waals surface area contributed by atoms with E-state index in [1.165, 1.54) is 218 Å². The summed E-state index contributed by atoms with van der Waals surface area (Å²) in [6.07, 6.45) is 58.6. The molecular weight excluding hydrogens is 967 g/mol. The van der Waals surface area contributed by atoms with Crippen LogP contribution in [0.25, 0.3) is 0 Å². The molecule has 0 radical (unpaired) electrons. The Morgan fingerprint density at radius 1 is 0.468 bits per heavy atom. The van der Waals surface area contributed by atoms with Crippen molar-refractivity contribution >= 4 is 5.91 Å². The monoisotopic (exact) mass is 1090 g/mol. The molecule has 0 aliphatic carbocycles. The van der Waals surface area contributed by atoms with Gasteiger partial charge in [-0.1, -0.05) is 287 Å². The third-order valence-electron chi connectivity index (χ3n) is 16.0. The number of allylic oxidation sites excluding steroid dienone is 6. The molecule has 0 spiro atoms. The molecular formula is C66H125NO10. The zero-order valence-corrected chi connectivity index (χ0v) is 50.0. The van der Waals surface area contributed by atoms with Crippen molar-refractivity contribution in [3.8, 4) is 0 Å². The van der Waals surface area contributed by atoms with Gasteiger partial charge in [0.05, 0.1) is 25.4 Å². The fraction of sp³-hybridized carbons (Fsp3) is 0.894. The van der Waals surface area contributed by atoms with Crippen molar-refractivity contribution in [1.82, 2.24) is 5.32 Å². The average Bonchev–Trinajstić information content (AvgIpc) is 3.43. The number of ether oxygens (including phenoxy) is 2. The topological polar surface area (TPSA) is 189 Å². The number of amides is 1. The first-order chi connectivity index (χ1) is 37.7. The number of rotatable bonds is 57. The minimum absolute atomic E-state index is 0.241. The van der Waals surface area contributed by atoms with Crippen LogP contribution in [0.4, 0.5) is 0 Å². The molecule has 1 fully saturated rings. The average molecular weight is 1090 g/mol. The van der Waals surface area contributed by atoms with Gasteiger partial charge in [0, 0.05) is 0 Å². The van der Waals surface area contributed by atoms with Gasteiger partial charge in [0.2, 0.25) is 5.91 Å². The Hall–Kier alpha value is -1.67. The lowest BCUT2D eigenvalue weighted by Crippen LogP contribution is -2.60. The molecule has 1 aliphatic rings. The standard InChI is InChI=1S/C66H125NO10/c1-3-5-7-9-11-13-15-17-18-19-20-21-22-23-24-25-26-27-28-29-30-31-32-33-34-35-36-37-38-39-40-41-42-44-46-48-50-52-54-59(70)65(75)67-57(56-76-66-64(74)63(73)62(72)60(55-68)77-66)61(71)58(69)53-51-49-47-45-43-16-14-12-10-8-6-4-2/h4,6,12,14,45,47,57-64,66,68-74H,3,5,7-11,13,15-44,46,48-56H2,1-2H3,(H,67,75)/b6-4+,14-12+,47-45+. The lowest BCUT2D eigenvalue weighted by molar-refractivity contribution is -0.303. The van der Waals surface area contributed by atoms with Crippen molar-refractivity contribution in [2.24, 2.45) is 0 Å². The highest BCUT2D eigenvalue weighted by molar-refractivity contribution is 5.80. The summed E-state index contributed by atoms with van der Waals surface area (Å²) < 4.78 is 11.1. The van der Waals surface area contributed by atoms with Crippen molar-refractivity contribution in [2.45, 2.75) is 364 Å². The van der Waals surface area contributed by atoms with Gasteiger partial charge in [0.1, 0.15) is 36.6 Å². The number of aliphatic hydroxyl groups is 7. The summed E-state index contributed by atoms with van der Waals surface area (Å²) in [6.45, 7) is 3.24. The molecule has 9 atom stereocenters. The second kappa shape index (κ2) is 54.9. The number of hydrogen-bond donors (Lipinski definition) is 8. The second-order valence-electron chi connectivity index (χ2n) is 23.2. The smallest absolute Gasteiger partial charge is 0.249 e. The van der Waals surface area contributed by atoms with E-state index in [-0.39, 0.29) is 12.8 Å². The van der Waals surface area contributed by atoms with Gasteiger partial charge in [0.15, 0.2) is 6.29 Å². The van der Waals surface area contributed by atoms with E-state index in [1.54, 1.807) is 0 Å². The molecule has 0 saturated carbocycles. The Kier molecular flexibility index (Phi) is 52.3. The molecule has 0 aromatic carbocycles. The molecule has 0 aromatic rings. The first-order valence-corrected chi connectivity index (χ1v) is 32.9. The number of carbonyl (C=O) groups excluding carboxylic acids is 1. The predicted molar refractivity (Wildman–Crippen MR) is 321 cm³/mol. The zero-order chi connectivity index (χ0) is 56.1. The Balaban J connectivity index is 2.08. The molecule has 8 N–H and O–H groups in total. The van der Waals surface area contributed by atoms with Crippen molar-refractivity contribution < 1.29 is 50.0 Å². The van der Waals surface area contributed by atoms with Crippen LogP contribution < -0.4 is 5.32 Å². The normalized spacial score (nSPS) is 19.7. The van der Waals surface area contributed by atoms with Gasteiger partial charge in [-0.25, -0.2) is 0 Å². The van der Waals surface area contributed by atoms with E-state index in [2.05, 4.69) is 48.7 Å². The van der Waals surface area contributed by atoms with Crippen LogP contribution in [-0.4, -0.2) is 110 Å². The maximum Gasteiger partial charge on any atom is 0.249 e. The fourth-order valence-electron chi connectivity index (χ4n) is 10.7. The Morgan fingerprint density at radius 2 is 0.818 bits per heavy atom. The highest BCUT2D eigenvalue weighted by Gasteiger charge is 2.44. The van der Waals surface area contributed by atoms with Crippen LogP contribution in [-0.2, 0) is 14.3 Å². The number of hydrogen-bond acceptors (Lipinski definition) is 10. The Morgan fingerprint density at radius 3 is 1.18 bits per heavy atom. The van der Waals surface area contributed by atoms with Gasteiger partial charge in [0.25, 0.3) is 0 Å². The molecule has 11 heteroatoms. The van der Waals surface area contributed by atoms with Crippen LogP contribution in [0, 0.1) is 0 Å². The van der Waals surface area contributed by atoms with Gasteiger partial charge in [-0.3, -0.25) is 4.79 Å². The molecule has 0 bridgehead atoms. The summed E-state index contributed by atoms with van der Waals surface area (Å²) in [7, 11) is 0. The summed E-state index contributed by atoms with van der Waals surface area (Å²) in [4.78, 5) is 13.2. The van der Waals surface area contributed by atoms with Crippen LogP contribution in [0.15, 0.2) is 36.5 Å². The summed E-state index contributed by atoms with van der Waals surface area (Å²) >= 11 is 0. The van der Waals surface area contributed by atoms with Crippen molar-refractivity contribution in [3.63, 3.8) is 0 Å². The van der Waals surface area contributed by atoms with Gasteiger partial charge in [-0.05, 0) is 58.3 Å². The van der Waals surface area contributed by atoms with Crippen LogP contribution in [0.1, 0.15) is 309 Å². The third-order valence-corrected chi connectivity index (χ3v) is 16.0. The molecule has 1 aliphatic heterocycles. The second-order valence-corrected chi connectivity index (χ2v) is 23.2. The molecule has 11 nitrogen and oxygen atoms in total. The van der Waals surface area contributed by atoms with E-state index in [9.17, 15) is 40.5 Å². The van der Waals surface area contributed by atoms with E-state index in [1.807, 2.05) is 6.92 Å². The largest absolute Gasteiger partial charge is 0.394 e. The summed E-state index contributed by atoms with van der Waals surface area (Å²) in [5.74, 6) is -0.709. The Labute approximate surface area is 473 Å². The maximum atomic E-state index is 13.2. The molecule has 1 heterocycles. The van der Waals surface area contributed by atoms with Gasteiger partial charge in [-0.2, -0.15) is 0 Å². The molecule has 0 aromatic heterocycles. The minimum atomic E-state index is -1.67. The van der Waals surface area contributed by atoms with Gasteiger partial charge >= 0.3 is 0 Å². The lowest BCUT2D eigenvalue weighted by Gasteiger charge is -2.40. The number of aliphatic hydroxyl groups excluding tert-OH is 7. The predicted octanol–water partition coefficient (Wildman–Crippen LogP) is 15.0. The van der Waals surface area contributed by atoms with E-state index in [0.717, 1.165) is 44.9 Å². The van der Waals surface area contributed by atoms with E-state index < -0.39 is 74.2 Å². The summed E-state index contributed by atoms with van der Waals surface area (Å²) in [6, 6.07) is -1.19. The van der Waals surface area contributed by atoms with Crippen molar-refractivity contribution in [1.29, 1.82) is 0 Å². The van der Waals surface area contributed by atoms with Crippen molar-refractivity contribution in [3.05, 3.63) is 36.5 Å². The lowest BCUT2D eigenvalue weighted by atomic mass is 9.98. The number of carbonyl (C=O) groups is 1. The summed E-state index contributed by atoms with van der Waals surface area (Å²) in [5.41, 5.74) is 0. The van der Waals surface area contributed by atoms with E-state index in [0.29, 0.717) is 19.3 Å². The van der Waals surface area contributed by atoms with Crippen molar-refractivity contribution in [2.75, 3.05) is 13.2 Å². The number of nitrogens with one attached hydrogen (secondary N) is 1. The summed E-state index contributed by atoms with van der Waals surface area (Å²) in [5, 5.41) is 76.0. The molecule has 1 saturated heterocycles. The first-order valence-electron chi connectivity index (χ1n) is 32.9. The minimum Gasteiger partial charge on any atom is -0.394 e. The number of unbranched alkanes of at least 4 members (excludes halogenated alkanes) is 40. The Bertz CT molecular complexity index is 1350. The van der Waals surface area contributed by atoms with Gasteiger partial charge in [-0.15, -0.1) is 0 Å². The molecule has 77 heavy (non-hydrogen) atoms. The SMILES string of the molecule is C/C=C/CC/C=C/CC/C=C/CCCC(O)C(O)C(COC1OC(CO)C(O)C(O)C1O)NC(=O)C(O)CCCCCCCCCCCCCCCCCCCCCCCCCCCCCCCCCCCCCCCC.